The molecule has 2 heterocycles. The number of nitrogens with zero attached hydrogens (tertiary/aromatic N) is 2. The maximum absolute atomic E-state index is 12.1. The minimum absolute atomic E-state index is 0.00991. The van der Waals surface area contributed by atoms with Crippen molar-refractivity contribution in [3.63, 3.8) is 0 Å². The zero-order valence-electron chi connectivity index (χ0n) is 11.0. The van der Waals surface area contributed by atoms with Crippen LogP contribution in [0, 0.1) is 0 Å². The second-order valence-electron chi connectivity index (χ2n) is 4.50. The lowest BCUT2D eigenvalue weighted by Crippen LogP contribution is -2.51. The first-order valence-corrected chi connectivity index (χ1v) is 7.56. The SMILES string of the molecule is O=C(O)CC1CSCCN1C(=O)NCc1ccccn1. The topological polar surface area (TPSA) is 82.5 Å². The first-order valence-electron chi connectivity index (χ1n) is 6.40. The molecule has 6 nitrogen and oxygen atoms in total. The Hall–Kier alpha value is -1.76. The van der Waals surface area contributed by atoms with Crippen LogP contribution in [0.2, 0.25) is 0 Å². The highest BCUT2D eigenvalue weighted by molar-refractivity contribution is 7.99. The van der Waals surface area contributed by atoms with Crippen LogP contribution in [-0.4, -0.2) is 51.1 Å². The molecule has 0 aliphatic carbocycles. The van der Waals surface area contributed by atoms with E-state index in [-0.39, 0.29) is 18.5 Å². The van der Waals surface area contributed by atoms with Crippen molar-refractivity contribution < 1.29 is 14.7 Å². The lowest BCUT2D eigenvalue weighted by molar-refractivity contribution is -0.138. The number of aliphatic carboxylic acids is 1. The quantitative estimate of drug-likeness (QED) is 0.871. The van der Waals surface area contributed by atoms with E-state index >= 15 is 0 Å². The Morgan fingerprint density at radius 3 is 3.05 bits per heavy atom. The van der Waals surface area contributed by atoms with Crippen LogP contribution in [0.3, 0.4) is 0 Å². The second kappa shape index (κ2) is 7.14. The van der Waals surface area contributed by atoms with Gasteiger partial charge in [-0.25, -0.2) is 4.79 Å². The largest absolute Gasteiger partial charge is 0.481 e. The highest BCUT2D eigenvalue weighted by Gasteiger charge is 2.28. The van der Waals surface area contributed by atoms with Crippen LogP contribution in [0.15, 0.2) is 24.4 Å². The van der Waals surface area contributed by atoms with Crippen molar-refractivity contribution in [2.75, 3.05) is 18.1 Å². The number of hydrogen-bond acceptors (Lipinski definition) is 4. The summed E-state index contributed by atoms with van der Waals surface area (Å²) in [5.41, 5.74) is 0.780. The van der Waals surface area contributed by atoms with Crippen molar-refractivity contribution in [1.82, 2.24) is 15.2 Å². The highest BCUT2D eigenvalue weighted by Crippen LogP contribution is 2.19. The molecule has 1 fully saturated rings. The number of carboxylic acids is 1. The smallest absolute Gasteiger partial charge is 0.318 e. The molecular formula is C13H17N3O3S. The van der Waals surface area contributed by atoms with E-state index in [9.17, 15) is 9.59 Å². The average molecular weight is 295 g/mol. The Balaban J connectivity index is 1.90. The molecule has 1 aliphatic heterocycles. The number of nitrogens with one attached hydrogen (secondary N) is 1. The van der Waals surface area contributed by atoms with Crippen molar-refractivity contribution in [1.29, 1.82) is 0 Å². The molecule has 0 spiro atoms. The minimum atomic E-state index is -0.875. The number of aromatic nitrogens is 1. The van der Waals surface area contributed by atoms with Crippen LogP contribution in [-0.2, 0) is 11.3 Å². The Morgan fingerprint density at radius 1 is 1.50 bits per heavy atom. The average Bonchev–Trinajstić information content (AvgIpc) is 2.46. The van der Waals surface area contributed by atoms with Gasteiger partial charge in [0.15, 0.2) is 0 Å². The van der Waals surface area contributed by atoms with Gasteiger partial charge in [0.1, 0.15) is 0 Å². The van der Waals surface area contributed by atoms with Gasteiger partial charge in [0.05, 0.1) is 24.7 Å². The summed E-state index contributed by atoms with van der Waals surface area (Å²) in [5.74, 6) is 0.635. The molecule has 0 saturated carbocycles. The molecule has 2 amide bonds. The number of carbonyl (C=O) groups excluding carboxylic acids is 1. The van der Waals surface area contributed by atoms with Gasteiger partial charge < -0.3 is 15.3 Å². The number of urea groups is 1. The van der Waals surface area contributed by atoms with Crippen LogP contribution in [0.1, 0.15) is 12.1 Å². The molecule has 2 N–H and O–H groups in total. The number of hydrogen-bond donors (Lipinski definition) is 2. The molecule has 0 bridgehead atoms. The third kappa shape index (κ3) is 4.12. The molecule has 1 aromatic heterocycles. The van der Waals surface area contributed by atoms with Crippen LogP contribution < -0.4 is 5.32 Å². The van der Waals surface area contributed by atoms with Crippen LogP contribution in [0.4, 0.5) is 4.79 Å². The summed E-state index contributed by atoms with van der Waals surface area (Å²) < 4.78 is 0. The summed E-state index contributed by atoms with van der Waals surface area (Å²) in [6.07, 6.45) is 1.66. The fourth-order valence-electron chi connectivity index (χ4n) is 2.06. The summed E-state index contributed by atoms with van der Waals surface area (Å²) in [6.45, 7) is 0.930. The van der Waals surface area contributed by atoms with Crippen molar-refractivity contribution >= 4 is 23.8 Å². The zero-order chi connectivity index (χ0) is 14.4. The molecular weight excluding hydrogens is 278 g/mol. The van der Waals surface area contributed by atoms with Gasteiger partial charge in [-0.15, -0.1) is 0 Å². The van der Waals surface area contributed by atoms with Crippen molar-refractivity contribution in [3.8, 4) is 0 Å². The standard InChI is InChI=1S/C13H17N3O3S/c17-12(18)7-11-9-20-6-5-16(11)13(19)15-8-10-3-1-2-4-14-10/h1-4,11H,5-9H2,(H,15,19)(H,17,18). The third-order valence-electron chi connectivity index (χ3n) is 3.05. The molecule has 1 atom stereocenters. The van der Waals surface area contributed by atoms with Gasteiger partial charge in [0.2, 0.25) is 0 Å². The van der Waals surface area contributed by atoms with E-state index in [0.29, 0.717) is 18.8 Å². The molecule has 1 unspecified atom stereocenters. The van der Waals surface area contributed by atoms with Gasteiger partial charge in [0.25, 0.3) is 0 Å². The predicted molar refractivity (Wildman–Crippen MR) is 76.5 cm³/mol. The fourth-order valence-corrected chi connectivity index (χ4v) is 3.13. The molecule has 20 heavy (non-hydrogen) atoms. The summed E-state index contributed by atoms with van der Waals surface area (Å²) >= 11 is 1.68. The van der Waals surface area contributed by atoms with E-state index in [0.717, 1.165) is 11.4 Å². The van der Waals surface area contributed by atoms with Crippen molar-refractivity contribution in [3.05, 3.63) is 30.1 Å². The molecule has 1 aliphatic rings. The van der Waals surface area contributed by atoms with E-state index in [1.165, 1.54) is 0 Å². The van der Waals surface area contributed by atoms with Crippen LogP contribution >= 0.6 is 11.8 Å². The normalized spacial score (nSPS) is 18.6. The first kappa shape index (κ1) is 14.6. The summed E-state index contributed by atoms with van der Waals surface area (Å²) in [4.78, 5) is 28.7. The van der Waals surface area contributed by atoms with Gasteiger partial charge in [0, 0.05) is 24.2 Å². The van der Waals surface area contributed by atoms with Gasteiger partial charge >= 0.3 is 12.0 Å². The predicted octanol–water partition coefficient (Wildman–Crippen LogP) is 1.18. The van der Waals surface area contributed by atoms with E-state index in [1.807, 2.05) is 18.2 Å². The summed E-state index contributed by atoms with van der Waals surface area (Å²) in [6, 6.07) is 5.05. The fraction of sp³-hybridized carbons (Fsp3) is 0.462. The number of carboxylic acid groups (broad SMARTS) is 1. The Labute approximate surface area is 121 Å². The maximum atomic E-state index is 12.1. The third-order valence-corrected chi connectivity index (χ3v) is 4.14. The molecule has 0 aromatic carbocycles. The monoisotopic (exact) mass is 295 g/mol. The van der Waals surface area contributed by atoms with E-state index in [4.69, 9.17) is 5.11 Å². The van der Waals surface area contributed by atoms with Gasteiger partial charge in [-0.1, -0.05) is 6.07 Å². The minimum Gasteiger partial charge on any atom is -0.481 e. The highest BCUT2D eigenvalue weighted by atomic mass is 32.2. The lowest BCUT2D eigenvalue weighted by Gasteiger charge is -2.34. The van der Waals surface area contributed by atoms with Crippen LogP contribution in [0.25, 0.3) is 0 Å². The maximum Gasteiger partial charge on any atom is 0.318 e. The Bertz CT molecular complexity index is 469. The van der Waals surface area contributed by atoms with E-state index in [2.05, 4.69) is 10.3 Å². The van der Waals surface area contributed by atoms with E-state index < -0.39 is 5.97 Å². The molecule has 2 rings (SSSR count). The zero-order valence-corrected chi connectivity index (χ0v) is 11.8. The van der Waals surface area contributed by atoms with Gasteiger partial charge in [-0.2, -0.15) is 11.8 Å². The molecule has 108 valence electrons. The van der Waals surface area contributed by atoms with E-state index in [1.54, 1.807) is 22.9 Å². The number of thioether (sulfide) groups is 1. The number of pyridine rings is 1. The molecule has 1 aromatic rings. The number of rotatable bonds is 4. The van der Waals surface area contributed by atoms with Gasteiger partial charge in [-0.05, 0) is 12.1 Å². The molecule has 1 saturated heterocycles. The van der Waals surface area contributed by atoms with Crippen molar-refractivity contribution in [2.45, 2.75) is 19.0 Å². The Kier molecular flexibility index (Phi) is 5.23. The van der Waals surface area contributed by atoms with Gasteiger partial charge in [-0.3, -0.25) is 9.78 Å². The first-order chi connectivity index (χ1) is 9.66. The van der Waals surface area contributed by atoms with Crippen molar-refractivity contribution in [2.24, 2.45) is 0 Å². The summed E-state index contributed by atoms with van der Waals surface area (Å²) in [7, 11) is 0. The molecule has 7 heteroatoms. The summed E-state index contributed by atoms with van der Waals surface area (Å²) in [5, 5.41) is 11.7. The van der Waals surface area contributed by atoms with Crippen LogP contribution in [0.5, 0.6) is 0 Å². The lowest BCUT2D eigenvalue weighted by atomic mass is 10.2. The Morgan fingerprint density at radius 2 is 2.35 bits per heavy atom. The number of carbonyl (C=O) groups is 2. The molecule has 0 radical (unpaired) electrons. The second-order valence-corrected chi connectivity index (χ2v) is 5.65. The number of amides is 2.